The van der Waals surface area contributed by atoms with E-state index in [1.807, 2.05) is 18.2 Å². The molecule has 142 valence electrons. The van der Waals surface area contributed by atoms with Crippen LogP contribution < -0.4 is 4.74 Å². The Labute approximate surface area is 161 Å². The van der Waals surface area contributed by atoms with Crippen molar-refractivity contribution in [3.8, 4) is 5.75 Å². The highest BCUT2D eigenvalue weighted by atomic mass is 16.5. The lowest BCUT2D eigenvalue weighted by Crippen LogP contribution is -2.26. The van der Waals surface area contributed by atoms with E-state index in [0.717, 1.165) is 50.2 Å². The average molecular weight is 364 g/mol. The number of ketones is 1. The van der Waals surface area contributed by atoms with Gasteiger partial charge in [-0.3, -0.25) is 4.79 Å². The maximum absolute atomic E-state index is 12.7. The van der Waals surface area contributed by atoms with Crippen molar-refractivity contribution >= 4 is 5.78 Å². The highest BCUT2D eigenvalue weighted by Gasteiger charge is 2.36. The van der Waals surface area contributed by atoms with Gasteiger partial charge in [0.15, 0.2) is 5.78 Å². The summed E-state index contributed by atoms with van der Waals surface area (Å²) < 4.78 is 11.4. The molecular weight excluding hydrogens is 336 g/mol. The van der Waals surface area contributed by atoms with E-state index in [1.54, 1.807) is 0 Å². The van der Waals surface area contributed by atoms with Gasteiger partial charge in [0.1, 0.15) is 5.75 Å². The zero-order valence-corrected chi connectivity index (χ0v) is 16.1. The molecule has 3 nitrogen and oxygen atoms in total. The summed E-state index contributed by atoms with van der Waals surface area (Å²) in [5, 5.41) is 0. The Bertz CT molecular complexity index is 793. The molecule has 2 aliphatic rings. The molecule has 0 spiro atoms. The molecule has 2 aliphatic heterocycles. The summed E-state index contributed by atoms with van der Waals surface area (Å²) >= 11 is 0. The Balaban J connectivity index is 1.43. The van der Waals surface area contributed by atoms with Crippen LogP contribution in [0.1, 0.15) is 54.1 Å². The van der Waals surface area contributed by atoms with Gasteiger partial charge in [-0.25, -0.2) is 0 Å². The van der Waals surface area contributed by atoms with Crippen LogP contribution in [0, 0.1) is 5.92 Å². The van der Waals surface area contributed by atoms with E-state index in [4.69, 9.17) is 9.47 Å². The van der Waals surface area contributed by atoms with Crippen molar-refractivity contribution < 1.29 is 14.3 Å². The van der Waals surface area contributed by atoms with Crippen LogP contribution in [0.5, 0.6) is 5.75 Å². The lowest BCUT2D eigenvalue weighted by molar-refractivity contribution is 0.0619. The first-order valence-electron chi connectivity index (χ1n) is 10.1. The van der Waals surface area contributed by atoms with Gasteiger partial charge in [-0.05, 0) is 43.2 Å². The van der Waals surface area contributed by atoms with Crippen molar-refractivity contribution in [2.24, 2.45) is 5.92 Å². The van der Waals surface area contributed by atoms with Crippen LogP contribution in [0.3, 0.4) is 0 Å². The van der Waals surface area contributed by atoms with Crippen molar-refractivity contribution in [3.63, 3.8) is 0 Å². The topological polar surface area (TPSA) is 35.5 Å². The molecule has 0 aromatic heterocycles. The maximum Gasteiger partial charge on any atom is 0.163 e. The maximum atomic E-state index is 12.7. The number of fused-ring (bicyclic) bond motifs is 1. The summed E-state index contributed by atoms with van der Waals surface area (Å²) in [6, 6.07) is 16.6. The van der Waals surface area contributed by atoms with E-state index in [0.29, 0.717) is 18.9 Å². The largest absolute Gasteiger partial charge is 0.492 e. The summed E-state index contributed by atoms with van der Waals surface area (Å²) in [6.45, 7) is 4.59. The van der Waals surface area contributed by atoms with E-state index in [9.17, 15) is 4.79 Å². The van der Waals surface area contributed by atoms with E-state index in [2.05, 4.69) is 37.3 Å². The Morgan fingerprint density at radius 2 is 1.89 bits per heavy atom. The van der Waals surface area contributed by atoms with Gasteiger partial charge in [-0.1, -0.05) is 49.4 Å². The van der Waals surface area contributed by atoms with Gasteiger partial charge < -0.3 is 9.47 Å². The van der Waals surface area contributed by atoms with Crippen LogP contribution in [0.15, 0.2) is 48.5 Å². The lowest BCUT2D eigenvalue weighted by atomic mass is 9.78. The number of benzene rings is 2. The molecule has 0 bridgehead atoms. The molecule has 0 aliphatic carbocycles. The van der Waals surface area contributed by atoms with Gasteiger partial charge in [-0.2, -0.15) is 0 Å². The summed E-state index contributed by atoms with van der Waals surface area (Å²) in [6.07, 6.45) is 4.69. The van der Waals surface area contributed by atoms with Crippen LogP contribution in [0.25, 0.3) is 0 Å². The number of carbonyl (C=O) groups is 1. The second-order valence-corrected chi connectivity index (χ2v) is 8.24. The zero-order valence-electron chi connectivity index (χ0n) is 16.1. The first kappa shape index (κ1) is 18.2. The van der Waals surface area contributed by atoms with Crippen LogP contribution in [-0.2, 0) is 16.6 Å². The second kappa shape index (κ2) is 7.85. The third-order valence-electron chi connectivity index (χ3n) is 6.06. The molecule has 1 fully saturated rings. The summed E-state index contributed by atoms with van der Waals surface area (Å²) in [5.74, 6) is 1.73. The fourth-order valence-corrected chi connectivity index (χ4v) is 4.34. The number of rotatable bonds is 6. The number of ether oxygens (including phenoxy) is 2. The summed E-state index contributed by atoms with van der Waals surface area (Å²) in [7, 11) is 0. The third-order valence-corrected chi connectivity index (χ3v) is 6.06. The monoisotopic (exact) mass is 364 g/mol. The van der Waals surface area contributed by atoms with Gasteiger partial charge in [0.25, 0.3) is 0 Å². The highest BCUT2D eigenvalue weighted by Crippen LogP contribution is 2.41. The van der Waals surface area contributed by atoms with Gasteiger partial charge in [0.05, 0.1) is 6.61 Å². The molecule has 2 heterocycles. The Morgan fingerprint density at radius 1 is 1.11 bits per heavy atom. The molecule has 2 aromatic carbocycles. The normalized spacial score (nSPS) is 22.3. The predicted molar refractivity (Wildman–Crippen MR) is 107 cm³/mol. The van der Waals surface area contributed by atoms with Crippen molar-refractivity contribution in [1.82, 2.24) is 0 Å². The van der Waals surface area contributed by atoms with Gasteiger partial charge >= 0.3 is 0 Å². The number of carbonyl (C=O) groups excluding carboxylic acids is 1. The summed E-state index contributed by atoms with van der Waals surface area (Å²) in [5.41, 5.74) is 3.27. The number of Topliss-reactive ketones (excluding diaryl/α,β-unsaturated/α-hetero) is 1. The van der Waals surface area contributed by atoms with Gasteiger partial charge in [0.2, 0.25) is 0 Å². The molecule has 0 N–H and O–H groups in total. The lowest BCUT2D eigenvalue weighted by Gasteiger charge is -2.23. The second-order valence-electron chi connectivity index (χ2n) is 8.24. The molecule has 3 heteroatoms. The third kappa shape index (κ3) is 4.08. The van der Waals surface area contributed by atoms with Crippen molar-refractivity contribution in [1.29, 1.82) is 0 Å². The first-order valence-corrected chi connectivity index (χ1v) is 10.1. The molecule has 1 saturated heterocycles. The predicted octanol–water partition coefficient (Wildman–Crippen LogP) is 4.97. The van der Waals surface area contributed by atoms with E-state index in [1.165, 1.54) is 11.1 Å². The Hall–Kier alpha value is -2.13. The smallest absolute Gasteiger partial charge is 0.163 e. The zero-order chi connectivity index (χ0) is 18.7. The van der Waals surface area contributed by atoms with E-state index < -0.39 is 0 Å². The number of hydrogen-bond acceptors (Lipinski definition) is 3. The Kier molecular flexibility index (Phi) is 5.31. The summed E-state index contributed by atoms with van der Waals surface area (Å²) in [4.78, 5) is 12.7. The minimum Gasteiger partial charge on any atom is -0.492 e. The molecule has 0 amide bonds. The fourth-order valence-electron chi connectivity index (χ4n) is 4.34. The van der Waals surface area contributed by atoms with Crippen molar-refractivity contribution in [2.45, 2.75) is 44.4 Å². The van der Waals surface area contributed by atoms with Crippen LogP contribution in [0.2, 0.25) is 0 Å². The van der Waals surface area contributed by atoms with Crippen LogP contribution in [-0.4, -0.2) is 25.6 Å². The van der Waals surface area contributed by atoms with Crippen molar-refractivity contribution in [2.75, 3.05) is 19.8 Å². The Morgan fingerprint density at radius 3 is 2.67 bits per heavy atom. The highest BCUT2D eigenvalue weighted by molar-refractivity contribution is 5.96. The molecule has 0 saturated carbocycles. The minimum atomic E-state index is -0.0413. The molecule has 0 radical (unpaired) electrons. The van der Waals surface area contributed by atoms with Gasteiger partial charge in [0, 0.05) is 36.2 Å². The average Bonchev–Trinajstić information content (AvgIpc) is 3.03. The fraction of sp³-hybridized carbons (Fsp3) is 0.458. The molecule has 1 atom stereocenters. The SMILES string of the molecule is CC1(Cc2ccccc2)COc2cc(C(=O)CCC3CCOCC3)ccc21. The molecule has 27 heavy (non-hydrogen) atoms. The van der Waals surface area contributed by atoms with E-state index >= 15 is 0 Å². The molecular formula is C24H28O3. The van der Waals surface area contributed by atoms with Gasteiger partial charge in [-0.15, -0.1) is 0 Å². The van der Waals surface area contributed by atoms with Crippen LogP contribution >= 0.6 is 0 Å². The van der Waals surface area contributed by atoms with Crippen LogP contribution in [0.4, 0.5) is 0 Å². The number of hydrogen-bond donors (Lipinski definition) is 0. The van der Waals surface area contributed by atoms with E-state index in [-0.39, 0.29) is 11.2 Å². The molecule has 1 unspecified atom stereocenters. The quantitative estimate of drug-likeness (QED) is 0.679. The minimum absolute atomic E-state index is 0.0413. The first-order chi connectivity index (χ1) is 13.1. The molecule has 2 aromatic rings. The van der Waals surface area contributed by atoms with Crippen molar-refractivity contribution in [3.05, 3.63) is 65.2 Å². The molecule has 4 rings (SSSR count). The standard InChI is InChI=1S/C24H28O3/c1-24(16-19-5-3-2-4-6-19)17-27-23-15-20(8-9-21(23)24)22(25)10-7-18-11-13-26-14-12-18/h2-6,8-9,15,18H,7,10-14,16-17H2,1H3.